The summed E-state index contributed by atoms with van der Waals surface area (Å²) in [5.74, 6) is 0.379. The second-order valence-electron chi connectivity index (χ2n) is 7.97. The number of nitrogens with one attached hydrogen (secondary N) is 1. The molecule has 1 aliphatic heterocycles. The standard InChI is InChI=1S/C23H21Cl2N7O2/c24-17-2-1-3-18(25)19(17)32-20(26)16-11-27-22(29-21(16)30-23(32)34)28-15-5-4-13-6-7-31(8-9-33)12-14(13)10-15/h1-5,10-11,33H,6-9,12,26H2,(H,28,29,30,34). The first-order valence-corrected chi connectivity index (χ1v) is 11.4. The summed E-state index contributed by atoms with van der Waals surface area (Å²) in [6.45, 7) is 2.48. The molecule has 5 rings (SSSR count). The predicted octanol–water partition coefficient (Wildman–Crippen LogP) is 3.16. The molecule has 0 bridgehead atoms. The number of halogens is 2. The van der Waals surface area contributed by atoms with Crippen molar-refractivity contribution in [2.24, 2.45) is 0 Å². The molecule has 0 amide bonds. The van der Waals surface area contributed by atoms with Gasteiger partial charge in [0.15, 0.2) is 5.65 Å². The minimum absolute atomic E-state index is 0.0919. The number of fused-ring (bicyclic) bond motifs is 2. The third-order valence-electron chi connectivity index (χ3n) is 5.81. The van der Waals surface area contributed by atoms with Crippen molar-refractivity contribution in [2.45, 2.75) is 13.0 Å². The van der Waals surface area contributed by atoms with Gasteiger partial charge in [-0.05, 0) is 41.8 Å². The van der Waals surface area contributed by atoms with E-state index in [9.17, 15) is 9.90 Å². The molecule has 4 aromatic rings. The Bertz CT molecular complexity index is 1440. The summed E-state index contributed by atoms with van der Waals surface area (Å²) >= 11 is 12.5. The topological polar surface area (TPSA) is 122 Å². The zero-order chi connectivity index (χ0) is 23.8. The van der Waals surface area contributed by atoms with Crippen molar-refractivity contribution in [1.29, 1.82) is 0 Å². The zero-order valence-corrected chi connectivity index (χ0v) is 19.5. The zero-order valence-electron chi connectivity index (χ0n) is 18.0. The molecule has 3 heterocycles. The molecule has 0 aliphatic carbocycles. The van der Waals surface area contributed by atoms with Crippen LogP contribution in [0.4, 0.5) is 17.5 Å². The lowest BCUT2D eigenvalue weighted by atomic mass is 9.99. The fourth-order valence-electron chi connectivity index (χ4n) is 4.14. The number of rotatable bonds is 5. The summed E-state index contributed by atoms with van der Waals surface area (Å²) in [4.78, 5) is 27.9. The third-order valence-corrected chi connectivity index (χ3v) is 6.42. The Morgan fingerprint density at radius 3 is 2.68 bits per heavy atom. The Balaban J connectivity index is 1.48. The highest BCUT2D eigenvalue weighted by Gasteiger charge is 2.18. The minimum atomic E-state index is -0.651. The van der Waals surface area contributed by atoms with Crippen molar-refractivity contribution >= 4 is 51.7 Å². The average Bonchev–Trinajstić information content (AvgIpc) is 2.81. The molecule has 0 radical (unpaired) electrons. The number of hydrogen-bond donors (Lipinski definition) is 3. The Morgan fingerprint density at radius 1 is 1.12 bits per heavy atom. The second kappa shape index (κ2) is 9.19. The van der Waals surface area contributed by atoms with E-state index in [0.717, 1.165) is 29.8 Å². The van der Waals surface area contributed by atoms with Crippen LogP contribution in [0.5, 0.6) is 0 Å². The Hall–Kier alpha value is -3.24. The molecular formula is C23H21Cl2N7O2. The maximum absolute atomic E-state index is 12.8. The Labute approximate surface area is 204 Å². The monoisotopic (exact) mass is 497 g/mol. The van der Waals surface area contributed by atoms with Gasteiger partial charge in [0.25, 0.3) is 0 Å². The van der Waals surface area contributed by atoms with E-state index < -0.39 is 5.69 Å². The predicted molar refractivity (Wildman–Crippen MR) is 133 cm³/mol. The molecule has 1 aliphatic rings. The summed E-state index contributed by atoms with van der Waals surface area (Å²) in [6, 6.07) is 11.0. The van der Waals surface area contributed by atoms with E-state index in [-0.39, 0.29) is 39.8 Å². The Kier molecular flexibility index (Phi) is 6.09. The van der Waals surface area contributed by atoms with Crippen molar-refractivity contribution in [3.63, 3.8) is 0 Å². The highest BCUT2D eigenvalue weighted by Crippen LogP contribution is 2.31. The van der Waals surface area contributed by atoms with E-state index in [0.29, 0.717) is 11.9 Å². The number of para-hydroxylation sites is 1. The van der Waals surface area contributed by atoms with Crippen LogP contribution in [0.1, 0.15) is 11.1 Å². The van der Waals surface area contributed by atoms with Crippen LogP contribution in [0.15, 0.2) is 47.4 Å². The molecule has 0 saturated heterocycles. The van der Waals surface area contributed by atoms with Gasteiger partial charge in [0.1, 0.15) is 5.82 Å². The van der Waals surface area contributed by atoms with Crippen LogP contribution < -0.4 is 16.7 Å². The number of nitrogens with zero attached hydrogens (tertiary/aromatic N) is 5. The van der Waals surface area contributed by atoms with Gasteiger partial charge in [-0.2, -0.15) is 9.97 Å². The highest BCUT2D eigenvalue weighted by atomic mass is 35.5. The first-order valence-electron chi connectivity index (χ1n) is 10.7. The van der Waals surface area contributed by atoms with Crippen molar-refractivity contribution < 1.29 is 5.11 Å². The van der Waals surface area contributed by atoms with Crippen LogP contribution in [-0.4, -0.2) is 49.2 Å². The van der Waals surface area contributed by atoms with Crippen LogP contribution in [-0.2, 0) is 13.0 Å². The lowest BCUT2D eigenvalue weighted by Gasteiger charge is -2.28. The van der Waals surface area contributed by atoms with Crippen LogP contribution in [0.2, 0.25) is 10.0 Å². The first-order chi connectivity index (χ1) is 16.4. The number of aliphatic hydroxyl groups is 1. The number of aliphatic hydroxyl groups excluding tert-OH is 1. The molecular weight excluding hydrogens is 477 g/mol. The van der Waals surface area contributed by atoms with E-state index in [2.05, 4.69) is 31.2 Å². The average molecular weight is 498 g/mol. The number of β-amino-alcohol motifs (C(OH)–C–C–N with tert-alkyl or cyclic N) is 1. The molecule has 0 unspecified atom stereocenters. The van der Waals surface area contributed by atoms with E-state index in [1.54, 1.807) is 18.2 Å². The van der Waals surface area contributed by atoms with Gasteiger partial charge in [-0.1, -0.05) is 35.3 Å². The van der Waals surface area contributed by atoms with Crippen molar-refractivity contribution in [1.82, 2.24) is 24.4 Å². The van der Waals surface area contributed by atoms with Gasteiger partial charge in [-0.15, -0.1) is 0 Å². The summed E-state index contributed by atoms with van der Waals surface area (Å²) < 4.78 is 1.16. The van der Waals surface area contributed by atoms with Gasteiger partial charge >= 0.3 is 5.69 Å². The van der Waals surface area contributed by atoms with Gasteiger partial charge in [0, 0.05) is 31.5 Å². The first kappa shape index (κ1) is 22.5. The molecule has 0 fully saturated rings. The van der Waals surface area contributed by atoms with Crippen LogP contribution in [0, 0.1) is 0 Å². The van der Waals surface area contributed by atoms with Gasteiger partial charge in [0.05, 0.1) is 27.7 Å². The Morgan fingerprint density at radius 2 is 1.91 bits per heavy atom. The van der Waals surface area contributed by atoms with Crippen LogP contribution >= 0.6 is 23.2 Å². The van der Waals surface area contributed by atoms with Gasteiger partial charge in [-0.25, -0.2) is 14.3 Å². The summed E-state index contributed by atoms with van der Waals surface area (Å²) in [6.07, 6.45) is 2.45. The number of nitrogen functional groups attached to an aromatic ring is 1. The number of hydrogen-bond acceptors (Lipinski definition) is 8. The molecule has 0 spiro atoms. The second-order valence-corrected chi connectivity index (χ2v) is 8.79. The molecule has 174 valence electrons. The highest BCUT2D eigenvalue weighted by molar-refractivity contribution is 6.37. The molecule has 4 N–H and O–H groups in total. The fraction of sp³-hybridized carbons (Fsp3) is 0.217. The minimum Gasteiger partial charge on any atom is -0.395 e. The van der Waals surface area contributed by atoms with E-state index in [1.165, 1.54) is 17.3 Å². The number of aromatic nitrogens is 4. The molecule has 0 atom stereocenters. The van der Waals surface area contributed by atoms with E-state index in [4.69, 9.17) is 28.9 Å². The number of anilines is 3. The molecule has 9 nitrogen and oxygen atoms in total. The molecule has 11 heteroatoms. The maximum atomic E-state index is 12.8. The quantitative estimate of drug-likeness (QED) is 0.384. The van der Waals surface area contributed by atoms with Gasteiger partial charge < -0.3 is 16.2 Å². The van der Waals surface area contributed by atoms with Crippen molar-refractivity contribution in [3.05, 3.63) is 74.3 Å². The molecule has 2 aromatic heterocycles. The van der Waals surface area contributed by atoms with Crippen LogP contribution in [0.3, 0.4) is 0 Å². The van der Waals surface area contributed by atoms with Gasteiger partial charge in [0.2, 0.25) is 5.95 Å². The third kappa shape index (κ3) is 4.19. The smallest absolute Gasteiger partial charge is 0.355 e. The summed E-state index contributed by atoms with van der Waals surface area (Å²) in [7, 11) is 0. The number of benzene rings is 2. The van der Waals surface area contributed by atoms with Gasteiger partial charge in [-0.3, -0.25) is 4.90 Å². The summed E-state index contributed by atoms with van der Waals surface area (Å²) in [5.41, 5.74) is 9.34. The van der Waals surface area contributed by atoms with E-state index >= 15 is 0 Å². The molecule has 0 saturated carbocycles. The molecule has 34 heavy (non-hydrogen) atoms. The van der Waals surface area contributed by atoms with Crippen molar-refractivity contribution in [3.8, 4) is 5.69 Å². The summed E-state index contributed by atoms with van der Waals surface area (Å²) in [5, 5.41) is 13.3. The van der Waals surface area contributed by atoms with Crippen molar-refractivity contribution in [2.75, 3.05) is 30.7 Å². The van der Waals surface area contributed by atoms with Crippen LogP contribution in [0.25, 0.3) is 16.7 Å². The molecule has 2 aromatic carbocycles. The number of nitrogens with two attached hydrogens (primary N) is 1. The normalized spacial score (nSPS) is 13.7. The lowest BCUT2D eigenvalue weighted by molar-refractivity contribution is 0.184. The fourth-order valence-corrected chi connectivity index (χ4v) is 4.70. The maximum Gasteiger partial charge on any atom is 0.355 e. The SMILES string of the molecule is Nc1c2cnc(Nc3ccc4c(c3)CN(CCO)CC4)nc2nc(=O)n1-c1c(Cl)cccc1Cl. The largest absolute Gasteiger partial charge is 0.395 e. The van der Waals surface area contributed by atoms with E-state index in [1.807, 2.05) is 12.1 Å². The lowest BCUT2D eigenvalue weighted by Crippen LogP contribution is -2.32.